The zero-order chi connectivity index (χ0) is 14.2. The molecule has 2 rings (SSSR count). The van der Waals surface area contributed by atoms with Crippen molar-refractivity contribution in [2.45, 2.75) is 6.42 Å². The number of halogens is 2. The Bertz CT molecular complexity index is 622. The molecule has 1 saturated heterocycles. The number of pyridine rings is 1. The Labute approximate surface area is 129 Å². The first kappa shape index (κ1) is 14.9. The monoisotopic (exact) mass is 415 g/mol. The number of primary sulfonamides is 1. The summed E-state index contributed by atoms with van der Waals surface area (Å²) in [6.45, 7) is 0.325. The molecule has 0 spiro atoms. The van der Waals surface area contributed by atoms with Crippen molar-refractivity contribution in [3.8, 4) is 0 Å². The Morgan fingerprint density at radius 1 is 1.58 bits per heavy atom. The minimum Gasteiger partial charge on any atom is -0.311 e. The Morgan fingerprint density at radius 2 is 2.26 bits per heavy atom. The van der Waals surface area contributed by atoms with Crippen LogP contribution in [-0.4, -0.2) is 31.6 Å². The lowest BCUT2D eigenvalue weighted by Crippen LogP contribution is -2.28. The molecule has 19 heavy (non-hydrogen) atoms. The molecule has 0 aliphatic carbocycles. The van der Waals surface area contributed by atoms with Crippen LogP contribution in [0.1, 0.15) is 6.42 Å². The van der Waals surface area contributed by atoms with Crippen LogP contribution in [0.2, 0.25) is 5.15 Å². The van der Waals surface area contributed by atoms with E-state index in [0.29, 0.717) is 21.0 Å². The lowest BCUT2D eigenvalue weighted by molar-refractivity contribution is -0.117. The summed E-state index contributed by atoms with van der Waals surface area (Å²) < 4.78 is 22.8. The van der Waals surface area contributed by atoms with Gasteiger partial charge in [-0.2, -0.15) is 0 Å². The molecule has 1 amide bonds. The SMILES string of the molecule is NS(=O)(=O)CC1CC(=O)N(c2ccnc(Cl)c2I)C1. The summed E-state index contributed by atoms with van der Waals surface area (Å²) in [7, 11) is -3.57. The van der Waals surface area contributed by atoms with Crippen LogP contribution in [0, 0.1) is 9.49 Å². The summed E-state index contributed by atoms with van der Waals surface area (Å²) in [5.74, 6) is -0.607. The van der Waals surface area contributed by atoms with E-state index in [4.69, 9.17) is 16.7 Å². The third kappa shape index (κ3) is 3.56. The molecule has 1 aliphatic heterocycles. The maximum atomic E-state index is 12.0. The van der Waals surface area contributed by atoms with E-state index in [0.717, 1.165) is 0 Å². The average molecular weight is 416 g/mol. The molecule has 0 aromatic carbocycles. The van der Waals surface area contributed by atoms with Gasteiger partial charge in [0, 0.05) is 25.1 Å². The van der Waals surface area contributed by atoms with Gasteiger partial charge < -0.3 is 4.90 Å². The van der Waals surface area contributed by atoms with Crippen LogP contribution in [0.15, 0.2) is 12.3 Å². The molecule has 2 N–H and O–H groups in total. The first-order valence-electron chi connectivity index (χ1n) is 5.39. The quantitative estimate of drug-likeness (QED) is 0.588. The van der Waals surface area contributed by atoms with Crippen LogP contribution in [0.5, 0.6) is 0 Å². The van der Waals surface area contributed by atoms with Gasteiger partial charge in [0.2, 0.25) is 15.9 Å². The molecule has 104 valence electrons. The first-order chi connectivity index (χ1) is 8.78. The summed E-state index contributed by atoms with van der Waals surface area (Å²) in [6.07, 6.45) is 1.69. The van der Waals surface area contributed by atoms with E-state index in [1.165, 1.54) is 11.1 Å². The molecule has 1 fully saturated rings. The molecule has 1 aliphatic rings. The van der Waals surface area contributed by atoms with Crippen LogP contribution >= 0.6 is 34.2 Å². The third-order valence-electron chi connectivity index (χ3n) is 2.79. The van der Waals surface area contributed by atoms with Crippen molar-refractivity contribution in [3.05, 3.63) is 21.0 Å². The van der Waals surface area contributed by atoms with E-state index >= 15 is 0 Å². The zero-order valence-corrected chi connectivity index (χ0v) is 13.4. The molecular weight excluding hydrogens is 405 g/mol. The highest BCUT2D eigenvalue weighted by Gasteiger charge is 2.33. The van der Waals surface area contributed by atoms with E-state index in [2.05, 4.69) is 4.98 Å². The Kier molecular flexibility index (Phi) is 4.33. The summed E-state index contributed by atoms with van der Waals surface area (Å²) in [6, 6.07) is 1.69. The van der Waals surface area contributed by atoms with Gasteiger partial charge in [0.15, 0.2) is 0 Å². The number of nitrogens with two attached hydrogens (primary N) is 1. The van der Waals surface area contributed by atoms with Crippen molar-refractivity contribution < 1.29 is 13.2 Å². The van der Waals surface area contributed by atoms with Crippen LogP contribution in [0.25, 0.3) is 0 Å². The van der Waals surface area contributed by atoms with Gasteiger partial charge in [0.1, 0.15) is 5.15 Å². The number of amides is 1. The topological polar surface area (TPSA) is 93.4 Å². The van der Waals surface area contributed by atoms with Crippen LogP contribution in [-0.2, 0) is 14.8 Å². The number of carbonyl (C=O) groups excluding carboxylic acids is 1. The van der Waals surface area contributed by atoms with Gasteiger partial charge in [0.05, 0.1) is 15.0 Å². The van der Waals surface area contributed by atoms with E-state index in [1.54, 1.807) is 6.07 Å². The predicted octanol–water partition coefficient (Wildman–Crippen LogP) is 0.981. The molecule has 1 aromatic heterocycles. The molecular formula is C10H11ClIN3O3S. The fraction of sp³-hybridized carbons (Fsp3) is 0.400. The van der Waals surface area contributed by atoms with E-state index < -0.39 is 10.0 Å². The summed E-state index contributed by atoms with van der Waals surface area (Å²) >= 11 is 7.92. The van der Waals surface area contributed by atoms with Crippen molar-refractivity contribution in [2.75, 3.05) is 17.2 Å². The molecule has 2 heterocycles. The van der Waals surface area contributed by atoms with Crippen molar-refractivity contribution >= 4 is 55.8 Å². The number of hydrogen-bond donors (Lipinski definition) is 1. The van der Waals surface area contributed by atoms with Crippen LogP contribution < -0.4 is 10.0 Å². The lowest BCUT2D eigenvalue weighted by Gasteiger charge is -2.18. The van der Waals surface area contributed by atoms with Crippen LogP contribution in [0.3, 0.4) is 0 Å². The summed E-state index contributed by atoms with van der Waals surface area (Å²) in [5.41, 5.74) is 0.655. The second kappa shape index (κ2) is 5.51. The van der Waals surface area contributed by atoms with Gasteiger partial charge >= 0.3 is 0 Å². The number of carbonyl (C=O) groups is 1. The maximum Gasteiger partial charge on any atom is 0.227 e. The van der Waals surface area contributed by atoms with Gasteiger partial charge in [-0.25, -0.2) is 18.5 Å². The summed E-state index contributed by atoms with van der Waals surface area (Å²) in [5, 5.41) is 5.33. The van der Waals surface area contributed by atoms with E-state index in [9.17, 15) is 13.2 Å². The first-order valence-corrected chi connectivity index (χ1v) is 8.56. The Hall–Kier alpha value is -0.450. The minimum absolute atomic E-state index is 0.131. The number of rotatable bonds is 3. The molecule has 6 nitrogen and oxygen atoms in total. The lowest BCUT2D eigenvalue weighted by atomic mass is 10.1. The second-order valence-electron chi connectivity index (χ2n) is 4.34. The molecule has 0 radical (unpaired) electrons. The third-order valence-corrected chi connectivity index (χ3v) is 5.40. The van der Waals surface area contributed by atoms with Crippen molar-refractivity contribution in [3.63, 3.8) is 0 Å². The fourth-order valence-electron chi connectivity index (χ4n) is 2.07. The fourth-order valence-corrected chi connectivity index (χ4v) is 3.72. The smallest absolute Gasteiger partial charge is 0.227 e. The normalized spacial score (nSPS) is 20.1. The highest BCUT2D eigenvalue weighted by molar-refractivity contribution is 14.1. The predicted molar refractivity (Wildman–Crippen MR) is 80.4 cm³/mol. The van der Waals surface area contributed by atoms with Gasteiger partial charge in [-0.15, -0.1) is 0 Å². The van der Waals surface area contributed by atoms with Crippen LogP contribution in [0.4, 0.5) is 5.69 Å². The van der Waals surface area contributed by atoms with Gasteiger partial charge in [-0.3, -0.25) is 4.79 Å². The largest absolute Gasteiger partial charge is 0.311 e. The number of hydrogen-bond acceptors (Lipinski definition) is 4. The van der Waals surface area contributed by atoms with E-state index in [1.807, 2.05) is 22.6 Å². The highest BCUT2D eigenvalue weighted by atomic mass is 127. The molecule has 0 saturated carbocycles. The number of sulfonamides is 1. The number of anilines is 1. The van der Waals surface area contributed by atoms with Gasteiger partial charge in [-0.1, -0.05) is 11.6 Å². The molecule has 9 heteroatoms. The molecule has 1 atom stereocenters. The second-order valence-corrected chi connectivity index (χ2v) is 7.43. The van der Waals surface area contributed by atoms with Crippen molar-refractivity contribution in [1.29, 1.82) is 0 Å². The molecule has 1 unspecified atom stereocenters. The number of nitrogens with zero attached hydrogens (tertiary/aromatic N) is 2. The maximum absolute atomic E-state index is 12.0. The highest BCUT2D eigenvalue weighted by Crippen LogP contribution is 2.32. The zero-order valence-electron chi connectivity index (χ0n) is 9.71. The van der Waals surface area contributed by atoms with Crippen molar-refractivity contribution in [2.24, 2.45) is 11.1 Å². The van der Waals surface area contributed by atoms with Crippen molar-refractivity contribution in [1.82, 2.24) is 4.98 Å². The van der Waals surface area contributed by atoms with Gasteiger partial charge in [-0.05, 0) is 28.7 Å². The molecule has 0 bridgehead atoms. The average Bonchev–Trinajstić information content (AvgIpc) is 2.61. The minimum atomic E-state index is -3.57. The Balaban J connectivity index is 2.23. The van der Waals surface area contributed by atoms with E-state index in [-0.39, 0.29) is 24.0 Å². The molecule has 1 aromatic rings. The summed E-state index contributed by atoms with van der Waals surface area (Å²) in [4.78, 5) is 17.4. The number of aromatic nitrogens is 1. The van der Waals surface area contributed by atoms with Gasteiger partial charge in [0.25, 0.3) is 0 Å². The standard InChI is InChI=1S/C10H11ClIN3O3S/c11-10-9(12)7(1-2-14-10)15-4-6(3-8(15)16)5-19(13,17)18/h1-2,6H,3-5H2,(H2,13,17,18). The Morgan fingerprint density at radius 3 is 2.89 bits per heavy atom.